The van der Waals surface area contributed by atoms with Crippen molar-refractivity contribution < 1.29 is 13.2 Å². The molecule has 1 aromatic heterocycles. The highest BCUT2D eigenvalue weighted by molar-refractivity contribution is 7.13. The lowest BCUT2D eigenvalue weighted by Gasteiger charge is -2.34. The Hall–Kier alpha value is -1.60. The minimum atomic E-state index is -4.27. The number of alkyl halides is 3. The molecular weight excluding hydrogens is 323 g/mol. The molecule has 0 bridgehead atoms. The maximum atomic E-state index is 12.6. The maximum absolute atomic E-state index is 12.6. The molecule has 1 aromatic carbocycles. The van der Waals surface area contributed by atoms with E-state index in [9.17, 15) is 13.2 Å². The summed E-state index contributed by atoms with van der Waals surface area (Å²) in [7, 11) is 0. The highest BCUT2D eigenvalue weighted by Crippen LogP contribution is 2.29. The quantitative estimate of drug-likeness (QED) is 0.847. The molecule has 0 saturated carbocycles. The van der Waals surface area contributed by atoms with Crippen LogP contribution < -0.4 is 4.90 Å². The number of aromatic nitrogens is 1. The van der Waals surface area contributed by atoms with E-state index >= 15 is 0 Å². The van der Waals surface area contributed by atoms with Gasteiger partial charge >= 0.3 is 6.18 Å². The van der Waals surface area contributed by atoms with Crippen molar-refractivity contribution in [2.24, 2.45) is 0 Å². The van der Waals surface area contributed by atoms with Crippen molar-refractivity contribution in [1.29, 1.82) is 0 Å². The lowest BCUT2D eigenvalue weighted by molar-refractivity contribution is -0.137. The molecule has 1 saturated heterocycles. The number of hydrogen-bond acceptors (Lipinski definition) is 4. The summed E-state index contributed by atoms with van der Waals surface area (Å²) in [6.07, 6.45) is -4.27. The van der Waals surface area contributed by atoms with Gasteiger partial charge < -0.3 is 4.90 Å². The van der Waals surface area contributed by atoms with E-state index in [2.05, 4.69) is 14.8 Å². The van der Waals surface area contributed by atoms with Crippen LogP contribution in [0.1, 0.15) is 16.8 Å². The van der Waals surface area contributed by atoms with E-state index in [1.54, 1.807) is 23.5 Å². The fraction of sp³-hybridized carbons (Fsp3) is 0.438. The molecule has 2 aromatic rings. The number of hydrogen-bond donors (Lipinski definition) is 0. The summed E-state index contributed by atoms with van der Waals surface area (Å²) < 4.78 is 37.7. The molecule has 3 rings (SSSR count). The lowest BCUT2D eigenvalue weighted by atomic mass is 10.1. The second-order valence-electron chi connectivity index (χ2n) is 5.73. The zero-order chi connectivity index (χ0) is 16.4. The van der Waals surface area contributed by atoms with Gasteiger partial charge in [0.15, 0.2) is 5.13 Å². The predicted molar refractivity (Wildman–Crippen MR) is 85.8 cm³/mol. The third kappa shape index (κ3) is 4.03. The van der Waals surface area contributed by atoms with Crippen molar-refractivity contribution in [3.8, 4) is 0 Å². The van der Waals surface area contributed by atoms with Gasteiger partial charge in [-0.3, -0.25) is 4.90 Å². The van der Waals surface area contributed by atoms with Crippen molar-refractivity contribution in [3.63, 3.8) is 0 Å². The van der Waals surface area contributed by atoms with Crippen LogP contribution in [-0.4, -0.2) is 36.1 Å². The van der Waals surface area contributed by atoms with Crippen LogP contribution in [0.3, 0.4) is 0 Å². The molecule has 23 heavy (non-hydrogen) atoms. The first kappa shape index (κ1) is 16.3. The van der Waals surface area contributed by atoms with Crippen LogP contribution in [0.4, 0.5) is 18.3 Å². The largest absolute Gasteiger partial charge is 0.416 e. The predicted octanol–water partition coefficient (Wildman–Crippen LogP) is 3.79. The lowest BCUT2D eigenvalue weighted by Crippen LogP contribution is -2.45. The number of rotatable bonds is 3. The summed E-state index contributed by atoms with van der Waals surface area (Å²) in [5, 5.41) is 3.10. The molecule has 1 aliphatic heterocycles. The fourth-order valence-electron chi connectivity index (χ4n) is 2.64. The Bertz CT molecular complexity index is 643. The van der Waals surface area contributed by atoms with E-state index < -0.39 is 11.7 Å². The van der Waals surface area contributed by atoms with Gasteiger partial charge in [0.25, 0.3) is 0 Å². The van der Waals surface area contributed by atoms with Crippen LogP contribution in [0, 0.1) is 6.92 Å². The number of aryl methyl sites for hydroxylation is 1. The monoisotopic (exact) mass is 341 g/mol. The number of benzene rings is 1. The van der Waals surface area contributed by atoms with Crippen molar-refractivity contribution >= 4 is 16.5 Å². The van der Waals surface area contributed by atoms with Gasteiger partial charge in [-0.1, -0.05) is 12.1 Å². The molecule has 7 heteroatoms. The number of nitrogens with zero attached hydrogens (tertiary/aromatic N) is 3. The summed E-state index contributed by atoms with van der Waals surface area (Å²) >= 11 is 1.65. The van der Waals surface area contributed by atoms with Gasteiger partial charge in [0.2, 0.25) is 0 Å². The number of halogens is 3. The van der Waals surface area contributed by atoms with Crippen LogP contribution in [0.2, 0.25) is 0 Å². The Balaban J connectivity index is 1.54. The van der Waals surface area contributed by atoms with Gasteiger partial charge in [-0.25, -0.2) is 4.98 Å². The number of thiazole rings is 1. The third-order valence-electron chi connectivity index (χ3n) is 3.94. The Labute approximate surface area is 137 Å². The van der Waals surface area contributed by atoms with Crippen molar-refractivity contribution in [2.45, 2.75) is 19.6 Å². The van der Waals surface area contributed by atoms with Crippen LogP contribution in [-0.2, 0) is 12.7 Å². The molecule has 0 atom stereocenters. The minimum Gasteiger partial charge on any atom is -0.346 e. The van der Waals surface area contributed by atoms with E-state index in [0.717, 1.165) is 54.7 Å². The van der Waals surface area contributed by atoms with Crippen molar-refractivity contribution in [3.05, 3.63) is 46.5 Å². The summed E-state index contributed by atoms with van der Waals surface area (Å²) in [4.78, 5) is 9.02. The first-order valence-corrected chi connectivity index (χ1v) is 8.35. The van der Waals surface area contributed by atoms with Gasteiger partial charge in [0.05, 0.1) is 11.3 Å². The molecule has 3 nitrogen and oxygen atoms in total. The van der Waals surface area contributed by atoms with E-state index in [0.29, 0.717) is 6.54 Å². The van der Waals surface area contributed by atoms with Crippen LogP contribution in [0.25, 0.3) is 0 Å². The molecular formula is C16H18F3N3S. The van der Waals surface area contributed by atoms with Crippen LogP contribution >= 0.6 is 11.3 Å². The molecule has 2 heterocycles. The fourth-order valence-corrected chi connectivity index (χ4v) is 3.50. The van der Waals surface area contributed by atoms with E-state index in [1.165, 1.54) is 0 Å². The standard InChI is InChI=1S/C16H18F3N3S/c1-12-11-23-15(20-12)22-8-6-21(7-9-22)10-13-2-4-14(5-3-13)16(17,18)19/h2-5,11H,6-10H2,1H3. The Kier molecular flexibility index (Phi) is 4.59. The Morgan fingerprint density at radius 1 is 1.09 bits per heavy atom. The van der Waals surface area contributed by atoms with Gasteiger partial charge in [-0.15, -0.1) is 11.3 Å². The maximum Gasteiger partial charge on any atom is 0.416 e. The first-order chi connectivity index (χ1) is 10.9. The molecule has 0 unspecified atom stereocenters. The average Bonchev–Trinajstić information content (AvgIpc) is 2.94. The molecule has 1 fully saturated rings. The molecule has 0 spiro atoms. The van der Waals surface area contributed by atoms with Gasteiger partial charge in [-0.05, 0) is 24.6 Å². The molecule has 0 N–H and O–H groups in total. The van der Waals surface area contributed by atoms with Gasteiger partial charge in [0.1, 0.15) is 0 Å². The van der Waals surface area contributed by atoms with Crippen molar-refractivity contribution in [1.82, 2.24) is 9.88 Å². The summed E-state index contributed by atoms with van der Waals surface area (Å²) in [5.41, 5.74) is 1.36. The first-order valence-electron chi connectivity index (χ1n) is 7.47. The Morgan fingerprint density at radius 2 is 1.74 bits per heavy atom. The summed E-state index contributed by atoms with van der Waals surface area (Å²) in [5.74, 6) is 0. The van der Waals surface area contributed by atoms with Gasteiger partial charge in [-0.2, -0.15) is 13.2 Å². The topological polar surface area (TPSA) is 19.4 Å². The number of anilines is 1. The average molecular weight is 341 g/mol. The molecule has 124 valence electrons. The van der Waals surface area contributed by atoms with Gasteiger partial charge in [0, 0.05) is 38.1 Å². The van der Waals surface area contributed by atoms with E-state index in [-0.39, 0.29) is 0 Å². The minimum absolute atomic E-state index is 0.592. The Morgan fingerprint density at radius 3 is 2.26 bits per heavy atom. The SMILES string of the molecule is Cc1csc(N2CCN(Cc3ccc(C(F)(F)F)cc3)CC2)n1. The molecule has 0 amide bonds. The molecule has 1 aliphatic rings. The second-order valence-corrected chi connectivity index (χ2v) is 6.57. The second kappa shape index (κ2) is 6.49. The normalized spacial score (nSPS) is 16.8. The van der Waals surface area contributed by atoms with Crippen LogP contribution in [0.5, 0.6) is 0 Å². The molecule has 0 aliphatic carbocycles. The summed E-state index contributed by atoms with van der Waals surface area (Å²) in [6.45, 7) is 6.24. The number of piperazine rings is 1. The zero-order valence-electron chi connectivity index (χ0n) is 12.8. The van der Waals surface area contributed by atoms with Crippen LogP contribution in [0.15, 0.2) is 29.6 Å². The van der Waals surface area contributed by atoms with Crippen molar-refractivity contribution in [2.75, 3.05) is 31.1 Å². The summed E-state index contributed by atoms with van der Waals surface area (Å²) in [6, 6.07) is 5.45. The molecule has 0 radical (unpaired) electrons. The highest BCUT2D eigenvalue weighted by Gasteiger charge is 2.30. The van der Waals surface area contributed by atoms with E-state index in [1.807, 2.05) is 12.3 Å². The smallest absolute Gasteiger partial charge is 0.346 e. The zero-order valence-corrected chi connectivity index (χ0v) is 13.6. The highest BCUT2D eigenvalue weighted by atomic mass is 32.1. The van der Waals surface area contributed by atoms with E-state index in [4.69, 9.17) is 0 Å². The third-order valence-corrected chi connectivity index (χ3v) is 4.96.